The molecule has 1 heterocycles. The second-order valence-corrected chi connectivity index (χ2v) is 6.96. The minimum absolute atomic E-state index is 0.190. The topological polar surface area (TPSA) is 91.3 Å². The van der Waals surface area contributed by atoms with E-state index in [1.54, 1.807) is 18.3 Å². The number of carbonyl (C=O) groups is 2. The Morgan fingerprint density at radius 2 is 1.74 bits per heavy atom. The molecule has 0 aliphatic heterocycles. The average molecular weight is 369 g/mol. The first-order valence-electron chi connectivity index (χ1n) is 9.16. The van der Waals surface area contributed by atoms with Crippen molar-refractivity contribution in [3.05, 3.63) is 54.4 Å². The highest BCUT2D eigenvalue weighted by atomic mass is 16.3. The number of hydrogen-bond donors (Lipinski definition) is 3. The monoisotopic (exact) mass is 369 g/mol. The molecule has 27 heavy (non-hydrogen) atoms. The van der Waals surface area contributed by atoms with Crippen LogP contribution in [-0.2, 0) is 4.79 Å². The number of rotatable bonds is 8. The van der Waals surface area contributed by atoms with E-state index in [1.807, 2.05) is 30.3 Å². The van der Waals surface area contributed by atoms with Crippen LogP contribution in [0.4, 0.5) is 0 Å². The predicted octanol–water partition coefficient (Wildman–Crippen LogP) is 2.39. The van der Waals surface area contributed by atoms with Gasteiger partial charge in [-0.25, -0.2) is 0 Å². The summed E-state index contributed by atoms with van der Waals surface area (Å²) in [7, 11) is 0. The zero-order valence-corrected chi connectivity index (χ0v) is 16.0. The van der Waals surface area contributed by atoms with Gasteiger partial charge in [0, 0.05) is 18.3 Å². The standard InChI is InChI=1S/C21H27N3O3/c1-14(2)11-12-22-21(27)19(15(3)25)24-20(26)18-10-9-17(13-23-18)16-7-5-4-6-8-16/h4-10,13-15,19,25H,11-12H2,1-3H3,(H,22,27)(H,24,26)/t15-,19+/m1/s1. The Labute approximate surface area is 160 Å². The summed E-state index contributed by atoms with van der Waals surface area (Å²) in [5.74, 6) is -0.448. The maximum Gasteiger partial charge on any atom is 0.270 e. The molecule has 0 unspecified atom stereocenters. The fourth-order valence-electron chi connectivity index (χ4n) is 2.54. The molecule has 0 aliphatic rings. The summed E-state index contributed by atoms with van der Waals surface area (Å²) in [5.41, 5.74) is 2.09. The molecular formula is C21H27N3O3. The number of aliphatic hydroxyl groups is 1. The molecule has 2 atom stereocenters. The fraction of sp³-hybridized carbons (Fsp3) is 0.381. The number of nitrogens with zero attached hydrogens (tertiary/aromatic N) is 1. The van der Waals surface area contributed by atoms with Crippen LogP contribution in [0.3, 0.4) is 0 Å². The van der Waals surface area contributed by atoms with Crippen molar-refractivity contribution < 1.29 is 14.7 Å². The molecule has 1 aromatic heterocycles. The highest BCUT2D eigenvalue weighted by molar-refractivity contribution is 5.96. The average Bonchev–Trinajstić information content (AvgIpc) is 2.66. The number of nitrogens with one attached hydrogen (secondary N) is 2. The minimum Gasteiger partial charge on any atom is -0.391 e. The van der Waals surface area contributed by atoms with Gasteiger partial charge in [0.1, 0.15) is 11.7 Å². The first-order valence-corrected chi connectivity index (χ1v) is 9.16. The summed E-state index contributed by atoms with van der Waals surface area (Å²) in [6.45, 7) is 6.09. The molecule has 3 N–H and O–H groups in total. The van der Waals surface area contributed by atoms with Gasteiger partial charge in [-0.05, 0) is 30.9 Å². The highest BCUT2D eigenvalue weighted by Crippen LogP contribution is 2.17. The van der Waals surface area contributed by atoms with E-state index >= 15 is 0 Å². The third-order valence-electron chi connectivity index (χ3n) is 4.18. The van der Waals surface area contributed by atoms with E-state index in [9.17, 15) is 14.7 Å². The molecule has 0 aliphatic carbocycles. The van der Waals surface area contributed by atoms with Crippen LogP contribution >= 0.6 is 0 Å². The number of aromatic nitrogens is 1. The van der Waals surface area contributed by atoms with Crippen LogP contribution < -0.4 is 10.6 Å². The van der Waals surface area contributed by atoms with Crippen molar-refractivity contribution in [2.24, 2.45) is 5.92 Å². The molecule has 2 aromatic rings. The van der Waals surface area contributed by atoms with Gasteiger partial charge in [-0.1, -0.05) is 50.2 Å². The number of carbonyl (C=O) groups excluding carboxylic acids is 2. The van der Waals surface area contributed by atoms with E-state index in [4.69, 9.17) is 0 Å². The van der Waals surface area contributed by atoms with Crippen molar-refractivity contribution in [1.29, 1.82) is 0 Å². The second kappa shape index (κ2) is 9.83. The smallest absolute Gasteiger partial charge is 0.270 e. The number of benzene rings is 1. The lowest BCUT2D eigenvalue weighted by Gasteiger charge is -2.21. The van der Waals surface area contributed by atoms with E-state index in [2.05, 4.69) is 29.5 Å². The molecule has 2 amide bonds. The van der Waals surface area contributed by atoms with E-state index < -0.39 is 24.0 Å². The molecule has 0 fully saturated rings. The van der Waals surface area contributed by atoms with Crippen LogP contribution in [0.2, 0.25) is 0 Å². The Morgan fingerprint density at radius 3 is 2.30 bits per heavy atom. The first kappa shape index (κ1) is 20.6. The third-order valence-corrected chi connectivity index (χ3v) is 4.18. The lowest BCUT2D eigenvalue weighted by atomic mass is 10.1. The van der Waals surface area contributed by atoms with Crippen molar-refractivity contribution >= 4 is 11.8 Å². The Bertz CT molecular complexity index is 743. The van der Waals surface area contributed by atoms with Crippen LogP contribution in [0.15, 0.2) is 48.7 Å². The second-order valence-electron chi connectivity index (χ2n) is 6.96. The van der Waals surface area contributed by atoms with Crippen LogP contribution in [0.25, 0.3) is 11.1 Å². The number of amides is 2. The summed E-state index contributed by atoms with van der Waals surface area (Å²) in [6.07, 6.45) is 1.43. The van der Waals surface area contributed by atoms with Gasteiger partial charge in [-0.2, -0.15) is 0 Å². The first-order chi connectivity index (χ1) is 12.9. The Balaban J connectivity index is 2.01. The minimum atomic E-state index is -1.03. The highest BCUT2D eigenvalue weighted by Gasteiger charge is 2.26. The molecule has 0 spiro atoms. The van der Waals surface area contributed by atoms with Crippen molar-refractivity contribution in [3.63, 3.8) is 0 Å². The maximum atomic E-state index is 12.4. The quantitative estimate of drug-likeness (QED) is 0.666. The van der Waals surface area contributed by atoms with E-state index in [0.29, 0.717) is 12.5 Å². The number of aliphatic hydroxyl groups excluding tert-OH is 1. The summed E-state index contributed by atoms with van der Waals surface area (Å²) in [5, 5.41) is 15.2. The van der Waals surface area contributed by atoms with E-state index in [1.165, 1.54) is 6.92 Å². The Hall–Kier alpha value is -2.73. The Kier molecular flexibility index (Phi) is 7.49. The molecule has 0 radical (unpaired) electrons. The van der Waals surface area contributed by atoms with Crippen LogP contribution in [-0.4, -0.2) is 40.6 Å². The SMILES string of the molecule is CC(C)CCNC(=O)[C@@H](NC(=O)c1ccc(-c2ccccc2)cn1)[C@@H](C)O. The summed E-state index contributed by atoms with van der Waals surface area (Å²) in [6, 6.07) is 12.1. The summed E-state index contributed by atoms with van der Waals surface area (Å²) >= 11 is 0. The van der Waals surface area contributed by atoms with Gasteiger partial charge in [0.25, 0.3) is 5.91 Å². The van der Waals surface area contributed by atoms with Gasteiger partial charge in [0.05, 0.1) is 6.10 Å². The maximum absolute atomic E-state index is 12.4. The van der Waals surface area contributed by atoms with Crippen molar-refractivity contribution in [3.8, 4) is 11.1 Å². The van der Waals surface area contributed by atoms with Crippen LogP contribution in [0.1, 0.15) is 37.7 Å². The summed E-state index contributed by atoms with van der Waals surface area (Å²) < 4.78 is 0. The molecular weight excluding hydrogens is 342 g/mol. The predicted molar refractivity (Wildman–Crippen MR) is 105 cm³/mol. The van der Waals surface area contributed by atoms with Gasteiger partial charge in [0.15, 0.2) is 0 Å². The normalized spacial score (nSPS) is 13.1. The number of pyridine rings is 1. The zero-order valence-electron chi connectivity index (χ0n) is 16.0. The molecule has 1 aromatic carbocycles. The lowest BCUT2D eigenvalue weighted by Crippen LogP contribution is -2.52. The van der Waals surface area contributed by atoms with Crippen LogP contribution in [0.5, 0.6) is 0 Å². The molecule has 0 saturated heterocycles. The molecule has 2 rings (SSSR count). The third kappa shape index (κ3) is 6.18. The molecule has 6 nitrogen and oxygen atoms in total. The van der Waals surface area contributed by atoms with E-state index in [0.717, 1.165) is 17.5 Å². The zero-order chi connectivity index (χ0) is 19.8. The Morgan fingerprint density at radius 1 is 1.04 bits per heavy atom. The van der Waals surface area contributed by atoms with Gasteiger partial charge < -0.3 is 15.7 Å². The van der Waals surface area contributed by atoms with Crippen molar-refractivity contribution in [2.45, 2.75) is 39.3 Å². The van der Waals surface area contributed by atoms with Crippen molar-refractivity contribution in [2.75, 3.05) is 6.54 Å². The van der Waals surface area contributed by atoms with Gasteiger partial charge in [-0.3, -0.25) is 14.6 Å². The molecule has 0 bridgehead atoms. The van der Waals surface area contributed by atoms with Gasteiger partial charge in [-0.15, -0.1) is 0 Å². The summed E-state index contributed by atoms with van der Waals surface area (Å²) in [4.78, 5) is 28.9. The molecule has 144 valence electrons. The van der Waals surface area contributed by atoms with Crippen LogP contribution in [0, 0.1) is 5.92 Å². The fourth-order valence-corrected chi connectivity index (χ4v) is 2.54. The van der Waals surface area contributed by atoms with Gasteiger partial charge in [0.2, 0.25) is 5.91 Å². The number of hydrogen-bond acceptors (Lipinski definition) is 4. The van der Waals surface area contributed by atoms with Crippen molar-refractivity contribution in [1.82, 2.24) is 15.6 Å². The van der Waals surface area contributed by atoms with Gasteiger partial charge >= 0.3 is 0 Å². The van der Waals surface area contributed by atoms with E-state index in [-0.39, 0.29) is 5.69 Å². The lowest BCUT2D eigenvalue weighted by molar-refractivity contribution is -0.125. The molecule has 0 saturated carbocycles. The largest absolute Gasteiger partial charge is 0.391 e. The molecule has 6 heteroatoms.